The molecule has 0 unspecified atom stereocenters. The summed E-state index contributed by atoms with van der Waals surface area (Å²) in [7, 11) is -0.937. The normalized spacial score (nSPS) is 17.2. The predicted molar refractivity (Wildman–Crippen MR) is 151 cm³/mol. The smallest absolute Gasteiger partial charge is 0.328 e. The molecule has 1 aliphatic heterocycles. The first-order valence-corrected chi connectivity index (χ1v) is 14.1. The van der Waals surface area contributed by atoms with Crippen molar-refractivity contribution in [3.8, 4) is 5.75 Å². The summed E-state index contributed by atoms with van der Waals surface area (Å²) in [5.41, 5.74) is 2.31. The molecule has 0 saturated carbocycles. The van der Waals surface area contributed by atoms with E-state index in [1.807, 2.05) is 65.6 Å². The molecule has 0 spiro atoms. The number of benzene rings is 4. The molecule has 39 heavy (non-hydrogen) atoms. The summed E-state index contributed by atoms with van der Waals surface area (Å²) in [6.07, 6.45) is 0.306. The fraction of sp³-hybridized carbons (Fsp3) is 0.233. The topological polar surface area (TPSA) is 94.2 Å². The number of sulfonamides is 1. The van der Waals surface area contributed by atoms with Crippen LogP contribution >= 0.6 is 0 Å². The predicted octanol–water partition coefficient (Wildman–Crippen LogP) is 4.99. The van der Waals surface area contributed by atoms with Gasteiger partial charge in [0.25, 0.3) is 10.0 Å². The van der Waals surface area contributed by atoms with Crippen molar-refractivity contribution < 1.29 is 27.4 Å². The van der Waals surface area contributed by atoms with Gasteiger partial charge >= 0.3 is 5.97 Å². The Labute approximate surface area is 228 Å². The van der Waals surface area contributed by atoms with Gasteiger partial charge < -0.3 is 19.1 Å². The van der Waals surface area contributed by atoms with E-state index < -0.39 is 16.1 Å². The van der Waals surface area contributed by atoms with Crippen molar-refractivity contribution in [2.24, 2.45) is 0 Å². The Morgan fingerprint density at radius 3 is 2.28 bits per heavy atom. The summed E-state index contributed by atoms with van der Waals surface area (Å²) in [6, 6.07) is 26.7. The first-order valence-electron chi connectivity index (χ1n) is 12.6. The highest BCUT2D eigenvalue weighted by atomic mass is 32.2. The van der Waals surface area contributed by atoms with Crippen LogP contribution in [0.3, 0.4) is 0 Å². The van der Waals surface area contributed by atoms with E-state index in [4.69, 9.17) is 14.2 Å². The minimum absolute atomic E-state index is 0.125. The lowest BCUT2D eigenvalue weighted by Crippen LogP contribution is -2.37. The van der Waals surface area contributed by atoms with Gasteiger partial charge in [0.2, 0.25) is 0 Å². The molecule has 0 aliphatic carbocycles. The summed E-state index contributed by atoms with van der Waals surface area (Å²) in [5.74, 6) is 0.231. The Balaban J connectivity index is 1.44. The largest absolute Gasteiger partial charge is 0.497 e. The molecule has 1 aliphatic rings. The Hall–Kier alpha value is -4.08. The monoisotopic (exact) mass is 546 g/mol. The first-order chi connectivity index (χ1) is 18.9. The lowest BCUT2D eigenvalue weighted by atomic mass is 10.1. The quantitative estimate of drug-likeness (QED) is 0.296. The van der Waals surface area contributed by atoms with Crippen molar-refractivity contribution in [2.45, 2.75) is 30.1 Å². The third kappa shape index (κ3) is 5.69. The molecule has 202 valence electrons. The number of carbonyl (C=O) groups is 1. The van der Waals surface area contributed by atoms with E-state index in [-0.39, 0.29) is 17.0 Å². The van der Waals surface area contributed by atoms with E-state index in [0.29, 0.717) is 36.4 Å². The van der Waals surface area contributed by atoms with Crippen molar-refractivity contribution in [1.82, 2.24) is 0 Å². The number of nitrogens with zero attached hydrogens (tertiary/aromatic N) is 1. The Morgan fingerprint density at radius 1 is 0.897 bits per heavy atom. The Bertz CT molecular complexity index is 1560. The number of anilines is 2. The Kier molecular flexibility index (Phi) is 7.72. The van der Waals surface area contributed by atoms with E-state index in [2.05, 4.69) is 4.72 Å². The number of ether oxygens (including phenoxy) is 3. The maximum absolute atomic E-state index is 13.2. The molecule has 0 aromatic heterocycles. The molecule has 8 nitrogen and oxygen atoms in total. The second-order valence-corrected chi connectivity index (χ2v) is 11.0. The molecule has 1 saturated heterocycles. The molecule has 1 fully saturated rings. The van der Waals surface area contributed by atoms with Crippen molar-refractivity contribution in [1.29, 1.82) is 0 Å². The minimum atomic E-state index is -3.85. The van der Waals surface area contributed by atoms with Crippen LogP contribution in [0.25, 0.3) is 10.8 Å². The van der Waals surface area contributed by atoms with Crippen LogP contribution in [0.1, 0.15) is 12.0 Å². The highest BCUT2D eigenvalue weighted by Crippen LogP contribution is 2.37. The maximum Gasteiger partial charge on any atom is 0.328 e. The zero-order chi connectivity index (χ0) is 27.4. The van der Waals surface area contributed by atoms with Crippen molar-refractivity contribution in [3.63, 3.8) is 0 Å². The number of fused-ring (bicyclic) bond motifs is 1. The fourth-order valence-electron chi connectivity index (χ4n) is 4.91. The fourth-order valence-corrected chi connectivity index (χ4v) is 5.99. The number of rotatable bonds is 9. The molecule has 5 rings (SSSR count). The molecular weight excluding hydrogens is 516 g/mol. The summed E-state index contributed by atoms with van der Waals surface area (Å²) < 4.78 is 45.5. The number of esters is 1. The highest BCUT2D eigenvalue weighted by Gasteiger charge is 2.39. The van der Waals surface area contributed by atoms with Gasteiger partial charge in [-0.05, 0) is 42.0 Å². The van der Waals surface area contributed by atoms with Gasteiger partial charge in [-0.1, -0.05) is 54.6 Å². The maximum atomic E-state index is 13.2. The SMILES string of the molecule is COC(=O)[C@@H]1C[C@@H](OCc2ccccc2)CN1c1ccc(NS(=O)(=O)c2ccc(OC)cc2)c2ccccc12. The second kappa shape index (κ2) is 11.3. The third-order valence-corrected chi connectivity index (χ3v) is 8.27. The van der Waals surface area contributed by atoms with Crippen molar-refractivity contribution >= 4 is 38.1 Å². The molecule has 0 bridgehead atoms. The van der Waals surface area contributed by atoms with E-state index in [9.17, 15) is 13.2 Å². The molecular formula is C30H30N2O6S. The van der Waals surface area contributed by atoms with Gasteiger partial charge in [-0.15, -0.1) is 0 Å². The average molecular weight is 547 g/mol. The summed E-state index contributed by atoms with van der Waals surface area (Å²) in [4.78, 5) is 14.9. The number of carbonyl (C=O) groups excluding carboxylic acids is 1. The highest BCUT2D eigenvalue weighted by molar-refractivity contribution is 7.92. The summed E-state index contributed by atoms with van der Waals surface area (Å²) in [6.45, 7) is 0.938. The van der Waals surface area contributed by atoms with Gasteiger partial charge in [0.15, 0.2) is 0 Å². The summed E-state index contributed by atoms with van der Waals surface area (Å²) in [5, 5.41) is 1.52. The van der Waals surface area contributed by atoms with E-state index in [0.717, 1.165) is 16.6 Å². The second-order valence-electron chi connectivity index (χ2n) is 9.30. The zero-order valence-electron chi connectivity index (χ0n) is 21.7. The molecule has 2 atom stereocenters. The van der Waals surface area contributed by atoms with Gasteiger partial charge in [0, 0.05) is 29.4 Å². The molecule has 0 amide bonds. The zero-order valence-corrected chi connectivity index (χ0v) is 22.6. The van der Waals surface area contributed by atoms with Crippen LogP contribution in [-0.4, -0.2) is 47.3 Å². The van der Waals surface area contributed by atoms with E-state index in [1.165, 1.54) is 26.4 Å². The lowest BCUT2D eigenvalue weighted by Gasteiger charge is -2.26. The van der Waals surface area contributed by atoms with Crippen molar-refractivity contribution in [3.05, 3.63) is 96.6 Å². The molecule has 4 aromatic carbocycles. The van der Waals surface area contributed by atoms with Gasteiger partial charge in [-0.25, -0.2) is 13.2 Å². The van der Waals surface area contributed by atoms with E-state index in [1.54, 1.807) is 18.2 Å². The van der Waals surface area contributed by atoms with Crippen LogP contribution in [0.5, 0.6) is 5.75 Å². The molecule has 0 radical (unpaired) electrons. The van der Waals surface area contributed by atoms with Crippen LogP contribution in [0.4, 0.5) is 11.4 Å². The number of nitrogens with one attached hydrogen (secondary N) is 1. The molecule has 9 heteroatoms. The van der Waals surface area contributed by atoms with Crippen LogP contribution in [0.15, 0.2) is 95.9 Å². The number of hydrogen-bond acceptors (Lipinski definition) is 7. The number of methoxy groups -OCH3 is 2. The van der Waals surface area contributed by atoms with Gasteiger partial charge in [0.05, 0.1) is 37.5 Å². The van der Waals surface area contributed by atoms with Crippen LogP contribution in [0, 0.1) is 0 Å². The Morgan fingerprint density at radius 2 is 1.59 bits per heavy atom. The van der Waals surface area contributed by atoms with Gasteiger partial charge in [-0.2, -0.15) is 0 Å². The van der Waals surface area contributed by atoms with Crippen LogP contribution < -0.4 is 14.4 Å². The first kappa shape index (κ1) is 26.5. The minimum Gasteiger partial charge on any atom is -0.497 e. The van der Waals surface area contributed by atoms with Crippen LogP contribution in [-0.2, 0) is 30.9 Å². The van der Waals surface area contributed by atoms with Gasteiger partial charge in [-0.3, -0.25) is 4.72 Å². The third-order valence-electron chi connectivity index (χ3n) is 6.89. The van der Waals surface area contributed by atoms with E-state index >= 15 is 0 Å². The van der Waals surface area contributed by atoms with Crippen LogP contribution in [0.2, 0.25) is 0 Å². The molecule has 4 aromatic rings. The molecule has 1 N–H and O–H groups in total. The van der Waals surface area contributed by atoms with Crippen molar-refractivity contribution in [2.75, 3.05) is 30.4 Å². The molecule has 1 heterocycles. The average Bonchev–Trinajstić information content (AvgIpc) is 3.40. The standard InChI is InChI=1S/C30H30N2O6S/c1-36-22-12-14-24(15-13-22)39(34,35)31-27-16-17-28(26-11-7-6-10-25(26)27)32-19-23(18-29(32)30(33)37-2)38-20-21-8-4-3-5-9-21/h3-17,23,29,31H,18-20H2,1-2H3/t23-,29+/m1/s1. The summed E-state index contributed by atoms with van der Waals surface area (Å²) >= 11 is 0. The number of hydrogen-bond donors (Lipinski definition) is 1. The van der Waals surface area contributed by atoms with Gasteiger partial charge in [0.1, 0.15) is 11.8 Å². The lowest BCUT2D eigenvalue weighted by molar-refractivity contribution is -0.142.